The third kappa shape index (κ3) is 4.43. The molecule has 140 valence electrons. The smallest absolute Gasteiger partial charge is 0.335 e. The number of carbonyl (C=O) groups is 1. The van der Waals surface area contributed by atoms with Crippen LogP contribution in [0.2, 0.25) is 5.15 Å². The van der Waals surface area contributed by atoms with Crippen LogP contribution in [0.5, 0.6) is 17.4 Å². The number of carbonyl (C=O) groups excluding carboxylic acids is 1. The average Bonchev–Trinajstić information content (AvgIpc) is 2.59. The minimum Gasteiger partial charge on any atom is -0.495 e. The van der Waals surface area contributed by atoms with E-state index >= 15 is 0 Å². The second-order valence-corrected chi connectivity index (χ2v) is 6.61. The number of urea groups is 1. The molecule has 2 rings (SSSR count). The Bertz CT molecular complexity index is 899. The number of nitrogens with zero attached hydrogens (tertiary/aromatic N) is 2. The van der Waals surface area contributed by atoms with E-state index in [0.29, 0.717) is 0 Å². The lowest BCUT2D eigenvalue weighted by molar-refractivity contribution is 0.256. The molecule has 26 heavy (non-hydrogen) atoms. The molecule has 1 aromatic heterocycles. The van der Waals surface area contributed by atoms with Crippen LogP contribution in [0.15, 0.2) is 29.2 Å². The Hall–Kier alpha value is -2.79. The molecule has 12 heteroatoms. The van der Waals surface area contributed by atoms with Crippen LogP contribution in [0.25, 0.3) is 0 Å². The van der Waals surface area contributed by atoms with Gasteiger partial charge in [0.05, 0.1) is 21.3 Å². The summed E-state index contributed by atoms with van der Waals surface area (Å²) in [5.74, 6) is -0.140. The molecule has 0 saturated heterocycles. The van der Waals surface area contributed by atoms with Crippen molar-refractivity contribution in [3.8, 4) is 17.4 Å². The molecule has 1 heterocycles. The first-order chi connectivity index (χ1) is 12.3. The summed E-state index contributed by atoms with van der Waals surface area (Å²) in [6, 6.07) is 4.59. The van der Waals surface area contributed by atoms with Crippen molar-refractivity contribution < 1.29 is 27.4 Å². The molecule has 0 atom stereocenters. The highest BCUT2D eigenvalue weighted by Gasteiger charge is 2.27. The molecule has 0 spiro atoms. The quantitative estimate of drug-likeness (QED) is 0.698. The Balaban J connectivity index is 2.27. The molecular weight excluding hydrogens is 388 g/mol. The molecule has 2 amide bonds. The lowest BCUT2D eigenvalue weighted by Gasteiger charge is -2.14. The number of benzene rings is 1. The number of sulfonamides is 1. The van der Waals surface area contributed by atoms with Gasteiger partial charge in [-0.2, -0.15) is 4.98 Å². The number of nitrogens with one attached hydrogen (secondary N) is 2. The summed E-state index contributed by atoms with van der Waals surface area (Å²) in [5.41, 5.74) is 0. The van der Waals surface area contributed by atoms with Gasteiger partial charge in [0.15, 0.2) is 4.90 Å². The fraction of sp³-hybridized carbons (Fsp3) is 0.214. The van der Waals surface area contributed by atoms with E-state index in [1.807, 2.05) is 4.72 Å². The van der Waals surface area contributed by atoms with Crippen LogP contribution >= 0.6 is 11.6 Å². The highest BCUT2D eigenvalue weighted by atomic mass is 35.5. The van der Waals surface area contributed by atoms with Crippen LogP contribution in [0.3, 0.4) is 0 Å². The van der Waals surface area contributed by atoms with Gasteiger partial charge in [-0.3, -0.25) is 5.32 Å². The van der Waals surface area contributed by atoms with E-state index in [2.05, 4.69) is 15.3 Å². The fourth-order valence-electron chi connectivity index (χ4n) is 1.94. The van der Waals surface area contributed by atoms with E-state index in [-0.39, 0.29) is 33.4 Å². The summed E-state index contributed by atoms with van der Waals surface area (Å²) in [6.07, 6.45) is 0. The Morgan fingerprint density at radius 3 is 2.23 bits per heavy atom. The van der Waals surface area contributed by atoms with E-state index in [1.54, 1.807) is 6.07 Å². The van der Waals surface area contributed by atoms with Crippen LogP contribution in [-0.2, 0) is 10.0 Å². The Morgan fingerprint density at radius 2 is 1.69 bits per heavy atom. The van der Waals surface area contributed by atoms with E-state index in [4.69, 9.17) is 25.8 Å². The summed E-state index contributed by atoms with van der Waals surface area (Å²) < 4.78 is 41.9. The lowest BCUT2D eigenvalue weighted by Crippen LogP contribution is -2.35. The second-order valence-electron chi connectivity index (χ2n) is 4.61. The maximum Gasteiger partial charge on any atom is 0.335 e. The van der Waals surface area contributed by atoms with Gasteiger partial charge in [0.25, 0.3) is 10.0 Å². The summed E-state index contributed by atoms with van der Waals surface area (Å²) in [5, 5.41) is 2.16. The number of methoxy groups -OCH3 is 3. The molecule has 2 aromatic rings. The van der Waals surface area contributed by atoms with Gasteiger partial charge < -0.3 is 14.2 Å². The predicted octanol–water partition coefficient (Wildman–Crippen LogP) is 1.67. The van der Waals surface area contributed by atoms with Crippen molar-refractivity contribution in [3.05, 3.63) is 29.4 Å². The van der Waals surface area contributed by atoms with E-state index in [1.165, 1.54) is 39.5 Å². The number of hydrogen-bond donors (Lipinski definition) is 2. The van der Waals surface area contributed by atoms with Crippen molar-refractivity contribution in [2.24, 2.45) is 0 Å². The molecular formula is C14H15ClN4O6S. The molecule has 0 aliphatic heterocycles. The van der Waals surface area contributed by atoms with Crippen molar-refractivity contribution in [1.82, 2.24) is 14.7 Å². The number of amides is 2. The Kier molecular flexibility index (Phi) is 6.05. The number of anilines is 1. The zero-order chi connectivity index (χ0) is 19.3. The van der Waals surface area contributed by atoms with Crippen molar-refractivity contribution in [1.29, 1.82) is 0 Å². The minimum absolute atomic E-state index is 0.00130. The van der Waals surface area contributed by atoms with Crippen molar-refractivity contribution >= 4 is 33.6 Å². The standard InChI is InChI=1S/C14H15ClN4O6S/c1-23-8-5-4-6-9(24-2)12(8)26(21,22)19-14(20)18-13-16-10(15)7-11(17-13)25-3/h4-7H,1-3H3,(H2,16,17,18,19,20). The Morgan fingerprint density at radius 1 is 1.08 bits per heavy atom. The number of hydrogen-bond acceptors (Lipinski definition) is 8. The lowest BCUT2D eigenvalue weighted by atomic mass is 10.3. The fourth-order valence-corrected chi connectivity index (χ4v) is 3.34. The molecule has 0 saturated carbocycles. The highest BCUT2D eigenvalue weighted by molar-refractivity contribution is 7.90. The van der Waals surface area contributed by atoms with Crippen LogP contribution in [0.1, 0.15) is 0 Å². The number of aromatic nitrogens is 2. The maximum absolute atomic E-state index is 12.6. The normalized spacial score (nSPS) is 10.8. The molecule has 0 fully saturated rings. The molecule has 0 unspecified atom stereocenters. The van der Waals surface area contributed by atoms with Crippen molar-refractivity contribution in [3.63, 3.8) is 0 Å². The topological polar surface area (TPSA) is 129 Å². The van der Waals surface area contributed by atoms with Crippen LogP contribution < -0.4 is 24.2 Å². The summed E-state index contributed by atoms with van der Waals surface area (Å²) in [7, 11) is -0.391. The summed E-state index contributed by atoms with van der Waals surface area (Å²) >= 11 is 5.77. The van der Waals surface area contributed by atoms with Crippen LogP contribution in [0, 0.1) is 0 Å². The van der Waals surface area contributed by atoms with Gasteiger partial charge in [-0.1, -0.05) is 17.7 Å². The van der Waals surface area contributed by atoms with Crippen LogP contribution in [-0.4, -0.2) is 45.7 Å². The van der Waals surface area contributed by atoms with Crippen LogP contribution in [0.4, 0.5) is 10.7 Å². The molecule has 0 bridgehead atoms. The zero-order valence-corrected chi connectivity index (χ0v) is 15.5. The summed E-state index contributed by atoms with van der Waals surface area (Å²) in [6.45, 7) is 0. The third-order valence-electron chi connectivity index (χ3n) is 2.98. The Labute approximate surface area is 154 Å². The van der Waals surface area contributed by atoms with Gasteiger partial charge in [-0.05, 0) is 12.1 Å². The molecule has 0 radical (unpaired) electrons. The van der Waals surface area contributed by atoms with Crippen molar-refractivity contribution in [2.45, 2.75) is 4.90 Å². The van der Waals surface area contributed by atoms with E-state index in [9.17, 15) is 13.2 Å². The average molecular weight is 403 g/mol. The van der Waals surface area contributed by atoms with Gasteiger partial charge in [0, 0.05) is 6.07 Å². The molecule has 10 nitrogen and oxygen atoms in total. The van der Waals surface area contributed by atoms with Gasteiger partial charge >= 0.3 is 6.03 Å². The minimum atomic E-state index is -4.32. The zero-order valence-electron chi connectivity index (χ0n) is 13.9. The van der Waals surface area contributed by atoms with E-state index < -0.39 is 16.1 Å². The first kappa shape index (κ1) is 19.5. The van der Waals surface area contributed by atoms with Gasteiger partial charge in [0.1, 0.15) is 16.7 Å². The molecule has 2 N–H and O–H groups in total. The number of ether oxygens (including phenoxy) is 3. The molecule has 1 aromatic carbocycles. The molecule has 0 aliphatic carbocycles. The first-order valence-corrected chi connectivity index (χ1v) is 8.80. The van der Waals surface area contributed by atoms with Gasteiger partial charge in [0.2, 0.25) is 11.8 Å². The van der Waals surface area contributed by atoms with Gasteiger partial charge in [-0.25, -0.2) is 22.9 Å². The number of halogens is 1. The summed E-state index contributed by atoms with van der Waals surface area (Å²) in [4.78, 5) is 19.3. The SMILES string of the molecule is COc1cc(Cl)nc(NC(=O)NS(=O)(=O)c2c(OC)cccc2OC)n1. The second kappa shape index (κ2) is 8.06. The predicted molar refractivity (Wildman–Crippen MR) is 92.5 cm³/mol. The third-order valence-corrected chi connectivity index (χ3v) is 4.57. The highest BCUT2D eigenvalue weighted by Crippen LogP contribution is 2.32. The molecule has 0 aliphatic rings. The monoisotopic (exact) mass is 402 g/mol. The first-order valence-electron chi connectivity index (χ1n) is 6.94. The van der Waals surface area contributed by atoms with Crippen molar-refractivity contribution in [2.75, 3.05) is 26.6 Å². The number of rotatable bonds is 6. The van der Waals surface area contributed by atoms with E-state index in [0.717, 1.165) is 0 Å². The van der Waals surface area contributed by atoms with Gasteiger partial charge in [-0.15, -0.1) is 0 Å². The largest absolute Gasteiger partial charge is 0.495 e. The maximum atomic E-state index is 12.6.